The van der Waals surface area contributed by atoms with Crippen molar-refractivity contribution < 1.29 is 14.7 Å². The van der Waals surface area contributed by atoms with Crippen LogP contribution >= 0.6 is 11.6 Å². The van der Waals surface area contributed by atoms with Crippen molar-refractivity contribution in [1.29, 1.82) is 0 Å². The summed E-state index contributed by atoms with van der Waals surface area (Å²) in [5.41, 5.74) is 1.66. The Morgan fingerprint density at radius 1 is 1.23 bits per heavy atom. The fourth-order valence-electron chi connectivity index (χ4n) is 3.01. The molecule has 7 nitrogen and oxygen atoms in total. The van der Waals surface area contributed by atoms with Crippen molar-refractivity contribution in [2.75, 3.05) is 6.54 Å². The van der Waals surface area contributed by atoms with Crippen LogP contribution in [0.25, 0.3) is 0 Å². The monoisotopic (exact) mass is 374 g/mol. The van der Waals surface area contributed by atoms with E-state index in [1.54, 1.807) is 39.9 Å². The van der Waals surface area contributed by atoms with E-state index < -0.39 is 6.10 Å². The Hall–Kier alpha value is -2.38. The maximum atomic E-state index is 12.6. The van der Waals surface area contributed by atoms with Crippen LogP contribution in [0.2, 0.25) is 5.02 Å². The predicted octanol–water partition coefficient (Wildman–Crippen LogP) is 1.50. The number of rotatable bonds is 4. The molecule has 1 aromatic carbocycles. The highest BCUT2D eigenvalue weighted by atomic mass is 35.5. The maximum absolute atomic E-state index is 12.6. The molecular weight excluding hydrogens is 356 g/mol. The number of halogens is 1. The summed E-state index contributed by atoms with van der Waals surface area (Å²) in [6, 6.07) is 8.55. The molecule has 2 aromatic rings. The number of aliphatic hydroxyl groups is 1. The van der Waals surface area contributed by atoms with Gasteiger partial charge in [0.15, 0.2) is 11.8 Å². The lowest BCUT2D eigenvalue weighted by molar-refractivity contribution is -0.142. The molecule has 1 aliphatic carbocycles. The first kappa shape index (κ1) is 17.1. The quantitative estimate of drug-likeness (QED) is 0.849. The van der Waals surface area contributed by atoms with E-state index in [0.717, 1.165) is 18.5 Å². The van der Waals surface area contributed by atoms with Crippen molar-refractivity contribution in [2.45, 2.75) is 38.1 Å². The molecule has 2 heterocycles. The molecule has 2 N–H and O–H groups in total. The van der Waals surface area contributed by atoms with Crippen LogP contribution in [0.4, 0.5) is 0 Å². The first-order valence-electron chi connectivity index (χ1n) is 8.61. The number of aliphatic hydroxyl groups excluding tert-OH is 1. The second-order valence-corrected chi connectivity index (χ2v) is 7.14. The zero-order valence-electron chi connectivity index (χ0n) is 14.1. The topological polar surface area (TPSA) is 87.5 Å². The SMILES string of the molecule is O=C(NC1CC1)c1cc2n(n1)CCN(C(=O)C(O)c1ccc(Cl)cc1)C2. The third kappa shape index (κ3) is 3.45. The van der Waals surface area contributed by atoms with Gasteiger partial charge in [0.25, 0.3) is 11.8 Å². The Bertz CT molecular complexity index is 845. The molecular formula is C18H19ClN4O3. The fraction of sp³-hybridized carbons (Fsp3) is 0.389. The van der Waals surface area contributed by atoms with Crippen LogP contribution in [0, 0.1) is 0 Å². The molecule has 2 amide bonds. The second kappa shape index (κ2) is 6.74. The molecule has 0 saturated heterocycles. The fourth-order valence-corrected chi connectivity index (χ4v) is 3.14. The standard InChI is InChI=1S/C18H19ClN4O3/c19-12-3-1-11(2-4-12)16(24)18(26)22-7-8-23-14(10-22)9-15(21-23)17(25)20-13-5-6-13/h1-4,9,13,16,24H,5-8,10H2,(H,20,25). The van der Waals surface area contributed by atoms with Gasteiger partial charge in [-0.25, -0.2) is 0 Å². The van der Waals surface area contributed by atoms with E-state index in [1.165, 1.54) is 0 Å². The van der Waals surface area contributed by atoms with Crippen LogP contribution in [-0.2, 0) is 17.9 Å². The average molecular weight is 375 g/mol. The number of carbonyl (C=O) groups excluding carboxylic acids is 2. The molecule has 1 aromatic heterocycles. The first-order chi connectivity index (χ1) is 12.5. The minimum atomic E-state index is -1.24. The molecule has 1 atom stereocenters. The number of benzene rings is 1. The molecule has 2 aliphatic rings. The minimum absolute atomic E-state index is 0.173. The number of carbonyl (C=O) groups is 2. The van der Waals surface area contributed by atoms with Crippen LogP contribution in [0.15, 0.2) is 30.3 Å². The van der Waals surface area contributed by atoms with Crippen LogP contribution in [0.3, 0.4) is 0 Å². The molecule has 1 saturated carbocycles. The van der Waals surface area contributed by atoms with E-state index in [0.29, 0.717) is 35.9 Å². The largest absolute Gasteiger partial charge is 0.378 e. The number of aromatic nitrogens is 2. The van der Waals surface area contributed by atoms with E-state index in [4.69, 9.17) is 11.6 Å². The summed E-state index contributed by atoms with van der Waals surface area (Å²) in [4.78, 5) is 26.3. The second-order valence-electron chi connectivity index (χ2n) is 6.71. The van der Waals surface area contributed by atoms with Crippen molar-refractivity contribution in [1.82, 2.24) is 20.0 Å². The Morgan fingerprint density at radius 3 is 2.65 bits per heavy atom. The van der Waals surface area contributed by atoms with E-state index in [9.17, 15) is 14.7 Å². The molecule has 0 spiro atoms. The summed E-state index contributed by atoms with van der Waals surface area (Å²) < 4.78 is 1.75. The van der Waals surface area contributed by atoms with Crippen molar-refractivity contribution in [2.24, 2.45) is 0 Å². The zero-order valence-corrected chi connectivity index (χ0v) is 14.8. The predicted molar refractivity (Wildman–Crippen MR) is 94.5 cm³/mol. The lowest BCUT2D eigenvalue weighted by atomic mass is 10.1. The van der Waals surface area contributed by atoms with E-state index in [1.807, 2.05) is 0 Å². The van der Waals surface area contributed by atoms with Gasteiger partial charge in [-0.15, -0.1) is 0 Å². The highest BCUT2D eigenvalue weighted by Gasteiger charge is 2.30. The first-order valence-corrected chi connectivity index (χ1v) is 8.99. The van der Waals surface area contributed by atoms with Gasteiger partial charge in [0.05, 0.1) is 18.8 Å². The van der Waals surface area contributed by atoms with Crippen LogP contribution in [0.1, 0.15) is 40.7 Å². The van der Waals surface area contributed by atoms with Crippen molar-refractivity contribution in [3.63, 3.8) is 0 Å². The number of hydrogen-bond acceptors (Lipinski definition) is 4. The summed E-state index contributed by atoms with van der Waals surface area (Å²) in [6.07, 6.45) is 0.799. The summed E-state index contributed by atoms with van der Waals surface area (Å²) in [7, 11) is 0. The molecule has 1 fully saturated rings. The minimum Gasteiger partial charge on any atom is -0.378 e. The van der Waals surface area contributed by atoms with Gasteiger partial charge in [-0.1, -0.05) is 23.7 Å². The molecule has 8 heteroatoms. The van der Waals surface area contributed by atoms with Crippen LogP contribution < -0.4 is 5.32 Å². The van der Waals surface area contributed by atoms with Gasteiger partial charge in [0.2, 0.25) is 0 Å². The Morgan fingerprint density at radius 2 is 1.96 bits per heavy atom. The number of fused-ring (bicyclic) bond motifs is 1. The molecule has 0 radical (unpaired) electrons. The number of hydrogen-bond donors (Lipinski definition) is 2. The molecule has 4 rings (SSSR count). The van der Waals surface area contributed by atoms with Gasteiger partial charge in [-0.3, -0.25) is 14.3 Å². The maximum Gasteiger partial charge on any atom is 0.272 e. The van der Waals surface area contributed by atoms with E-state index in [2.05, 4.69) is 10.4 Å². The zero-order chi connectivity index (χ0) is 18.3. The van der Waals surface area contributed by atoms with Gasteiger partial charge in [-0.05, 0) is 36.6 Å². The van der Waals surface area contributed by atoms with Gasteiger partial charge < -0.3 is 15.3 Å². The Balaban J connectivity index is 1.45. The van der Waals surface area contributed by atoms with Crippen molar-refractivity contribution in [3.8, 4) is 0 Å². The highest BCUT2D eigenvalue weighted by molar-refractivity contribution is 6.30. The smallest absolute Gasteiger partial charge is 0.272 e. The molecule has 136 valence electrons. The molecule has 0 bridgehead atoms. The van der Waals surface area contributed by atoms with E-state index >= 15 is 0 Å². The molecule has 26 heavy (non-hydrogen) atoms. The summed E-state index contributed by atoms with van der Waals surface area (Å²) in [5, 5.41) is 18.1. The lowest BCUT2D eigenvalue weighted by Gasteiger charge is -2.29. The Labute approximate surface area is 155 Å². The number of nitrogens with one attached hydrogen (secondary N) is 1. The van der Waals surface area contributed by atoms with Gasteiger partial charge in [-0.2, -0.15) is 5.10 Å². The van der Waals surface area contributed by atoms with Gasteiger partial charge in [0.1, 0.15) is 0 Å². The van der Waals surface area contributed by atoms with Gasteiger partial charge in [0, 0.05) is 17.6 Å². The number of amides is 2. The van der Waals surface area contributed by atoms with Crippen molar-refractivity contribution in [3.05, 3.63) is 52.3 Å². The Kier molecular flexibility index (Phi) is 4.42. The third-order valence-corrected chi connectivity index (χ3v) is 4.93. The van der Waals surface area contributed by atoms with E-state index in [-0.39, 0.29) is 17.9 Å². The summed E-state index contributed by atoms with van der Waals surface area (Å²) >= 11 is 5.84. The average Bonchev–Trinajstić information content (AvgIpc) is 3.35. The summed E-state index contributed by atoms with van der Waals surface area (Å²) in [6.45, 7) is 1.24. The van der Waals surface area contributed by atoms with Crippen LogP contribution in [0.5, 0.6) is 0 Å². The van der Waals surface area contributed by atoms with Crippen molar-refractivity contribution >= 4 is 23.4 Å². The highest BCUT2D eigenvalue weighted by Crippen LogP contribution is 2.23. The normalized spacial score (nSPS) is 17.5. The lowest BCUT2D eigenvalue weighted by Crippen LogP contribution is -2.41. The molecule has 1 unspecified atom stereocenters. The molecule has 1 aliphatic heterocycles. The third-order valence-electron chi connectivity index (χ3n) is 4.67. The van der Waals surface area contributed by atoms with Gasteiger partial charge >= 0.3 is 0 Å². The number of nitrogens with zero attached hydrogens (tertiary/aromatic N) is 3. The van der Waals surface area contributed by atoms with Crippen LogP contribution in [-0.4, -0.2) is 44.2 Å². The summed E-state index contributed by atoms with van der Waals surface area (Å²) in [5.74, 6) is -0.544.